The van der Waals surface area contributed by atoms with Gasteiger partial charge >= 0.3 is 12.1 Å². The molecule has 0 atom stereocenters. The molecule has 0 unspecified atom stereocenters. The summed E-state index contributed by atoms with van der Waals surface area (Å²) in [5, 5.41) is 0. The van der Waals surface area contributed by atoms with Gasteiger partial charge in [0.05, 0.1) is 7.11 Å². The van der Waals surface area contributed by atoms with Crippen molar-refractivity contribution < 1.29 is 22.7 Å². The topological polar surface area (TPSA) is 29.5 Å². The van der Waals surface area contributed by atoms with Crippen molar-refractivity contribution in [3.8, 4) is 0 Å². The van der Waals surface area contributed by atoms with Gasteiger partial charge in [0.2, 0.25) is 0 Å². The molecule has 0 aliphatic rings. The summed E-state index contributed by atoms with van der Waals surface area (Å²) in [6.45, 7) is 0.994. The zero-order chi connectivity index (χ0) is 12.6. The minimum atomic E-state index is -4.08. The molecule has 0 bridgehead atoms. The van der Waals surface area contributed by atoms with Crippen molar-refractivity contribution in [3.05, 3.63) is 0 Å². The maximum absolute atomic E-state index is 11.8. The summed E-state index contributed by atoms with van der Waals surface area (Å²) in [5.41, 5.74) is 0. The first-order chi connectivity index (χ1) is 7.35. The molecule has 0 saturated carbocycles. The lowest BCUT2D eigenvalue weighted by atomic mass is 10.2. The Kier molecular flexibility index (Phi) is 7.12. The van der Waals surface area contributed by atoms with Gasteiger partial charge in [-0.15, -0.1) is 0 Å². The molecule has 0 aliphatic carbocycles. The van der Waals surface area contributed by atoms with Crippen LogP contribution in [0.5, 0.6) is 0 Å². The van der Waals surface area contributed by atoms with Crippen molar-refractivity contribution in [2.75, 3.05) is 27.2 Å². The van der Waals surface area contributed by atoms with Crippen molar-refractivity contribution >= 4 is 5.97 Å². The maximum atomic E-state index is 11.8. The highest BCUT2D eigenvalue weighted by molar-refractivity contribution is 5.69. The van der Waals surface area contributed by atoms with Gasteiger partial charge in [0.1, 0.15) is 0 Å². The molecule has 0 spiro atoms. The van der Waals surface area contributed by atoms with E-state index in [9.17, 15) is 18.0 Å². The van der Waals surface area contributed by atoms with Crippen LogP contribution in [0.3, 0.4) is 0 Å². The molecule has 0 heterocycles. The standard InChI is InChI=1S/C10H18F3NO2/c1-14(7-3-5-9(15)16-2)8-4-6-10(11,12)13/h3-8H2,1-2H3. The average Bonchev–Trinajstić information content (AvgIpc) is 2.15. The van der Waals surface area contributed by atoms with Crippen molar-refractivity contribution in [2.24, 2.45) is 0 Å². The lowest BCUT2D eigenvalue weighted by Gasteiger charge is -2.16. The molecule has 0 aliphatic heterocycles. The van der Waals surface area contributed by atoms with Gasteiger partial charge in [-0.3, -0.25) is 4.79 Å². The first-order valence-corrected chi connectivity index (χ1v) is 5.17. The molecule has 0 amide bonds. The third-order valence-electron chi connectivity index (χ3n) is 2.15. The van der Waals surface area contributed by atoms with Gasteiger partial charge in [0.25, 0.3) is 0 Å². The van der Waals surface area contributed by atoms with Gasteiger partial charge in [0.15, 0.2) is 0 Å². The monoisotopic (exact) mass is 241 g/mol. The van der Waals surface area contributed by atoms with E-state index in [-0.39, 0.29) is 12.4 Å². The Labute approximate surface area is 93.6 Å². The van der Waals surface area contributed by atoms with Gasteiger partial charge in [-0.05, 0) is 33.0 Å². The van der Waals surface area contributed by atoms with Crippen molar-refractivity contribution in [1.29, 1.82) is 0 Å². The second-order valence-electron chi connectivity index (χ2n) is 3.70. The summed E-state index contributed by atoms with van der Waals surface area (Å²) in [6, 6.07) is 0. The molecule has 0 fully saturated rings. The number of esters is 1. The normalized spacial score (nSPS) is 11.9. The van der Waals surface area contributed by atoms with Crippen LogP contribution in [-0.4, -0.2) is 44.3 Å². The van der Waals surface area contributed by atoms with E-state index in [1.807, 2.05) is 0 Å². The van der Waals surface area contributed by atoms with Crippen LogP contribution in [0.1, 0.15) is 25.7 Å². The molecule has 0 aromatic heterocycles. The summed E-state index contributed by atoms with van der Waals surface area (Å²) >= 11 is 0. The molecular weight excluding hydrogens is 223 g/mol. The third kappa shape index (κ3) is 9.76. The van der Waals surface area contributed by atoms with Gasteiger partial charge in [0, 0.05) is 12.8 Å². The Morgan fingerprint density at radius 2 is 1.81 bits per heavy atom. The Morgan fingerprint density at radius 3 is 2.31 bits per heavy atom. The minimum Gasteiger partial charge on any atom is -0.469 e. The second-order valence-corrected chi connectivity index (χ2v) is 3.70. The van der Waals surface area contributed by atoms with Crippen LogP contribution in [0.2, 0.25) is 0 Å². The lowest BCUT2D eigenvalue weighted by Crippen LogP contribution is -2.23. The Hall–Kier alpha value is -0.780. The predicted octanol–water partition coefficient (Wildman–Crippen LogP) is 2.21. The number of halogens is 3. The fraction of sp³-hybridized carbons (Fsp3) is 0.900. The molecule has 3 nitrogen and oxygen atoms in total. The van der Waals surface area contributed by atoms with Crippen LogP contribution < -0.4 is 0 Å². The van der Waals surface area contributed by atoms with Crippen molar-refractivity contribution in [3.63, 3.8) is 0 Å². The highest BCUT2D eigenvalue weighted by Gasteiger charge is 2.26. The lowest BCUT2D eigenvalue weighted by molar-refractivity contribution is -0.140. The summed E-state index contributed by atoms with van der Waals surface area (Å²) in [6.07, 6.45) is -3.82. The van der Waals surface area contributed by atoms with E-state index in [0.717, 1.165) is 0 Å². The summed E-state index contributed by atoms with van der Waals surface area (Å²) in [7, 11) is 3.06. The van der Waals surface area contributed by atoms with E-state index in [4.69, 9.17) is 0 Å². The summed E-state index contributed by atoms with van der Waals surface area (Å²) in [5.74, 6) is -0.288. The molecule has 96 valence electrons. The predicted molar refractivity (Wildman–Crippen MR) is 54.0 cm³/mol. The molecule has 6 heteroatoms. The van der Waals surface area contributed by atoms with Crippen molar-refractivity contribution in [2.45, 2.75) is 31.9 Å². The average molecular weight is 241 g/mol. The van der Waals surface area contributed by atoms with Crippen LogP contribution in [0.15, 0.2) is 0 Å². The molecule has 0 aromatic rings. The largest absolute Gasteiger partial charge is 0.469 e. The molecule has 0 aromatic carbocycles. The second kappa shape index (κ2) is 7.49. The molecule has 0 N–H and O–H groups in total. The highest BCUT2D eigenvalue weighted by Crippen LogP contribution is 2.21. The van der Waals surface area contributed by atoms with Gasteiger partial charge in [-0.1, -0.05) is 0 Å². The number of hydrogen-bond donors (Lipinski definition) is 0. The molecule has 0 rings (SSSR count). The number of ether oxygens (including phenoxy) is 1. The number of carbonyl (C=O) groups excluding carboxylic acids is 1. The number of nitrogens with zero attached hydrogens (tertiary/aromatic N) is 1. The smallest absolute Gasteiger partial charge is 0.389 e. The number of carbonyl (C=O) groups is 1. The molecule has 0 saturated heterocycles. The summed E-state index contributed by atoms with van der Waals surface area (Å²) in [4.78, 5) is 12.5. The first-order valence-electron chi connectivity index (χ1n) is 5.17. The van der Waals surface area contributed by atoms with Gasteiger partial charge < -0.3 is 9.64 Å². The molecule has 16 heavy (non-hydrogen) atoms. The molecular formula is C10H18F3NO2. The first kappa shape index (κ1) is 15.2. The summed E-state index contributed by atoms with van der Waals surface area (Å²) < 4.78 is 39.9. The fourth-order valence-electron chi connectivity index (χ4n) is 1.26. The Bertz CT molecular complexity index is 207. The number of alkyl halides is 3. The third-order valence-corrected chi connectivity index (χ3v) is 2.15. The SMILES string of the molecule is COC(=O)CCCN(C)CCCC(F)(F)F. The zero-order valence-electron chi connectivity index (χ0n) is 9.64. The van der Waals surface area contributed by atoms with E-state index in [1.165, 1.54) is 7.11 Å². The van der Waals surface area contributed by atoms with E-state index in [0.29, 0.717) is 25.9 Å². The van der Waals surface area contributed by atoms with Crippen LogP contribution in [0.25, 0.3) is 0 Å². The van der Waals surface area contributed by atoms with Gasteiger partial charge in [-0.2, -0.15) is 13.2 Å². The Balaban J connectivity index is 3.45. The van der Waals surface area contributed by atoms with Crippen LogP contribution in [0, 0.1) is 0 Å². The Morgan fingerprint density at radius 1 is 1.25 bits per heavy atom. The van der Waals surface area contributed by atoms with E-state index < -0.39 is 12.6 Å². The van der Waals surface area contributed by atoms with E-state index in [1.54, 1.807) is 11.9 Å². The number of hydrogen-bond acceptors (Lipinski definition) is 3. The van der Waals surface area contributed by atoms with Crippen LogP contribution >= 0.6 is 0 Å². The molecule has 0 radical (unpaired) electrons. The van der Waals surface area contributed by atoms with Gasteiger partial charge in [-0.25, -0.2) is 0 Å². The fourth-order valence-corrected chi connectivity index (χ4v) is 1.26. The van der Waals surface area contributed by atoms with E-state index >= 15 is 0 Å². The minimum absolute atomic E-state index is 0.0955. The van der Waals surface area contributed by atoms with Crippen LogP contribution in [0.4, 0.5) is 13.2 Å². The maximum Gasteiger partial charge on any atom is 0.389 e. The number of methoxy groups -OCH3 is 1. The van der Waals surface area contributed by atoms with E-state index in [2.05, 4.69) is 4.74 Å². The number of rotatable bonds is 7. The van der Waals surface area contributed by atoms with Crippen molar-refractivity contribution in [1.82, 2.24) is 4.90 Å². The highest BCUT2D eigenvalue weighted by atomic mass is 19.4. The van der Waals surface area contributed by atoms with Crippen LogP contribution in [-0.2, 0) is 9.53 Å². The zero-order valence-corrected chi connectivity index (χ0v) is 9.64. The quantitative estimate of drug-likeness (QED) is 0.640.